The highest BCUT2D eigenvalue weighted by molar-refractivity contribution is 7.91. The van der Waals surface area contributed by atoms with Gasteiger partial charge < -0.3 is 5.32 Å². The van der Waals surface area contributed by atoms with Crippen LogP contribution in [0, 0.1) is 13.8 Å². The van der Waals surface area contributed by atoms with Crippen molar-refractivity contribution in [1.82, 2.24) is 14.9 Å². The van der Waals surface area contributed by atoms with E-state index in [2.05, 4.69) is 10.3 Å². The van der Waals surface area contributed by atoms with Crippen LogP contribution >= 0.6 is 0 Å². The molecule has 1 aromatic heterocycles. The van der Waals surface area contributed by atoms with Crippen molar-refractivity contribution in [3.63, 3.8) is 0 Å². The molecule has 0 aliphatic carbocycles. The van der Waals surface area contributed by atoms with Crippen molar-refractivity contribution in [2.45, 2.75) is 32.9 Å². The molecule has 2 heterocycles. The Kier molecular flexibility index (Phi) is 4.05. The topological polar surface area (TPSA) is 81.1 Å². The van der Waals surface area contributed by atoms with Crippen LogP contribution in [0.5, 0.6) is 0 Å². The van der Waals surface area contributed by atoms with Crippen molar-refractivity contribution in [3.05, 3.63) is 27.9 Å². The summed E-state index contributed by atoms with van der Waals surface area (Å²) < 4.78 is 24.2. The van der Waals surface area contributed by atoms with Gasteiger partial charge in [0.1, 0.15) is 0 Å². The molecule has 1 saturated heterocycles. The van der Waals surface area contributed by atoms with E-state index in [1.54, 1.807) is 11.5 Å². The van der Waals surface area contributed by atoms with E-state index in [1.807, 2.05) is 13.0 Å². The van der Waals surface area contributed by atoms with E-state index < -0.39 is 9.84 Å². The Labute approximate surface area is 112 Å². The summed E-state index contributed by atoms with van der Waals surface area (Å²) in [5.74, 6) is 0.461. The third-order valence-corrected chi connectivity index (χ3v) is 5.12. The molecule has 1 unspecified atom stereocenters. The first-order chi connectivity index (χ1) is 8.87. The third kappa shape index (κ3) is 3.63. The van der Waals surface area contributed by atoms with Gasteiger partial charge in [0.05, 0.1) is 11.5 Å². The van der Waals surface area contributed by atoms with Crippen LogP contribution in [-0.4, -0.2) is 42.1 Å². The van der Waals surface area contributed by atoms with Crippen molar-refractivity contribution in [3.8, 4) is 0 Å². The van der Waals surface area contributed by atoms with Gasteiger partial charge in [-0.3, -0.25) is 4.57 Å². The number of aromatic nitrogens is 2. The van der Waals surface area contributed by atoms with Gasteiger partial charge in [0.15, 0.2) is 9.84 Å². The fourth-order valence-corrected chi connectivity index (χ4v) is 4.09. The highest BCUT2D eigenvalue weighted by Gasteiger charge is 2.27. The lowest BCUT2D eigenvalue weighted by Crippen LogP contribution is -2.36. The highest BCUT2D eigenvalue weighted by atomic mass is 32.2. The molecule has 1 aliphatic heterocycles. The number of rotatable bonds is 4. The molecular weight excluding hydrogens is 266 g/mol. The van der Waals surface area contributed by atoms with Gasteiger partial charge in [-0.2, -0.15) is 4.98 Å². The van der Waals surface area contributed by atoms with Crippen LogP contribution in [0.2, 0.25) is 0 Å². The molecule has 1 aromatic rings. The Bertz CT molecular complexity index is 622. The fourth-order valence-electron chi connectivity index (χ4n) is 2.38. The Balaban J connectivity index is 1.92. The van der Waals surface area contributed by atoms with Gasteiger partial charge in [-0.05, 0) is 26.3 Å². The Morgan fingerprint density at radius 3 is 2.79 bits per heavy atom. The second-order valence-electron chi connectivity index (χ2n) is 5.03. The third-order valence-electron chi connectivity index (χ3n) is 3.35. The molecular formula is C12H19N3O3S. The summed E-state index contributed by atoms with van der Waals surface area (Å²) in [4.78, 5) is 15.6. The summed E-state index contributed by atoms with van der Waals surface area (Å²) in [6.07, 6.45) is 0.655. The molecule has 19 heavy (non-hydrogen) atoms. The summed E-state index contributed by atoms with van der Waals surface area (Å²) >= 11 is 0. The van der Waals surface area contributed by atoms with Crippen LogP contribution in [0.3, 0.4) is 0 Å². The quantitative estimate of drug-likeness (QED) is 0.817. The van der Waals surface area contributed by atoms with Crippen molar-refractivity contribution in [2.75, 3.05) is 18.1 Å². The average Bonchev–Trinajstić information content (AvgIpc) is 2.62. The van der Waals surface area contributed by atoms with Crippen LogP contribution in [0.4, 0.5) is 0 Å². The lowest BCUT2D eigenvalue weighted by atomic mass is 10.2. The first-order valence-electron chi connectivity index (χ1n) is 6.36. The lowest BCUT2D eigenvalue weighted by Gasteiger charge is -2.13. The largest absolute Gasteiger partial charge is 0.347 e. The first kappa shape index (κ1) is 14.2. The molecule has 0 spiro atoms. The second kappa shape index (κ2) is 5.42. The Morgan fingerprint density at radius 2 is 2.21 bits per heavy atom. The molecule has 1 atom stereocenters. The SMILES string of the molecule is Cc1cc(C)n(CCNC2CCS(=O)(=O)C2)c(=O)n1. The number of aryl methyl sites for hydroxylation is 2. The smallest absolute Gasteiger partial charge is 0.311 e. The Morgan fingerprint density at radius 1 is 1.47 bits per heavy atom. The van der Waals surface area contributed by atoms with Gasteiger partial charge in [0.2, 0.25) is 0 Å². The zero-order valence-corrected chi connectivity index (χ0v) is 12.0. The summed E-state index contributed by atoms with van der Waals surface area (Å²) in [5, 5.41) is 3.19. The minimum absolute atomic E-state index is 0.0133. The molecule has 106 valence electrons. The van der Waals surface area contributed by atoms with E-state index >= 15 is 0 Å². The van der Waals surface area contributed by atoms with Gasteiger partial charge in [-0.1, -0.05) is 0 Å². The lowest BCUT2D eigenvalue weighted by molar-refractivity contribution is 0.505. The predicted octanol–water partition coefficient (Wildman–Crippen LogP) is -0.363. The predicted molar refractivity (Wildman–Crippen MR) is 73.0 cm³/mol. The maximum Gasteiger partial charge on any atom is 0.347 e. The van der Waals surface area contributed by atoms with Gasteiger partial charge in [-0.15, -0.1) is 0 Å². The first-order valence-corrected chi connectivity index (χ1v) is 8.18. The minimum atomic E-state index is -2.86. The second-order valence-corrected chi connectivity index (χ2v) is 7.26. The monoisotopic (exact) mass is 285 g/mol. The molecule has 6 nitrogen and oxygen atoms in total. The van der Waals surface area contributed by atoms with Crippen LogP contribution in [0.25, 0.3) is 0 Å². The van der Waals surface area contributed by atoms with E-state index in [9.17, 15) is 13.2 Å². The molecule has 1 aliphatic rings. The van der Waals surface area contributed by atoms with Crippen molar-refractivity contribution >= 4 is 9.84 Å². The number of hydrogen-bond acceptors (Lipinski definition) is 5. The molecule has 0 bridgehead atoms. The minimum Gasteiger partial charge on any atom is -0.311 e. The van der Waals surface area contributed by atoms with Crippen LogP contribution in [0.15, 0.2) is 10.9 Å². The molecule has 0 saturated carbocycles. The molecule has 7 heteroatoms. The number of nitrogens with one attached hydrogen (secondary N) is 1. The van der Waals surface area contributed by atoms with Crippen LogP contribution < -0.4 is 11.0 Å². The van der Waals surface area contributed by atoms with Gasteiger partial charge in [0, 0.05) is 30.5 Å². The van der Waals surface area contributed by atoms with E-state index in [0.29, 0.717) is 25.2 Å². The van der Waals surface area contributed by atoms with Crippen molar-refractivity contribution in [2.24, 2.45) is 0 Å². The normalized spacial score (nSPS) is 21.7. The van der Waals surface area contributed by atoms with Crippen molar-refractivity contribution in [1.29, 1.82) is 0 Å². The van der Waals surface area contributed by atoms with Gasteiger partial charge in [-0.25, -0.2) is 13.2 Å². The number of sulfone groups is 1. The average molecular weight is 285 g/mol. The molecule has 0 aromatic carbocycles. The van der Waals surface area contributed by atoms with E-state index in [0.717, 1.165) is 5.69 Å². The van der Waals surface area contributed by atoms with Crippen LogP contribution in [-0.2, 0) is 16.4 Å². The Hall–Kier alpha value is -1.21. The number of nitrogens with zero attached hydrogens (tertiary/aromatic N) is 2. The summed E-state index contributed by atoms with van der Waals surface area (Å²) in [6.45, 7) is 4.75. The standard InChI is InChI=1S/C12H19N3O3S/c1-9-7-10(2)15(12(16)14-9)5-4-13-11-3-6-19(17,18)8-11/h7,11,13H,3-6,8H2,1-2H3. The van der Waals surface area contributed by atoms with Gasteiger partial charge >= 0.3 is 5.69 Å². The fraction of sp³-hybridized carbons (Fsp3) is 0.667. The summed E-state index contributed by atoms with van der Waals surface area (Å²) in [6, 6.07) is 1.88. The summed E-state index contributed by atoms with van der Waals surface area (Å²) in [7, 11) is -2.86. The zero-order chi connectivity index (χ0) is 14.0. The van der Waals surface area contributed by atoms with E-state index in [-0.39, 0.29) is 23.2 Å². The molecule has 1 fully saturated rings. The zero-order valence-electron chi connectivity index (χ0n) is 11.2. The maximum absolute atomic E-state index is 11.7. The molecule has 2 rings (SSSR count). The van der Waals surface area contributed by atoms with Gasteiger partial charge in [0.25, 0.3) is 0 Å². The molecule has 0 amide bonds. The molecule has 1 N–H and O–H groups in total. The van der Waals surface area contributed by atoms with E-state index in [1.165, 1.54) is 0 Å². The molecule has 0 radical (unpaired) electrons. The summed E-state index contributed by atoms with van der Waals surface area (Å²) in [5.41, 5.74) is 1.34. The van der Waals surface area contributed by atoms with E-state index in [4.69, 9.17) is 0 Å². The van der Waals surface area contributed by atoms with Crippen molar-refractivity contribution < 1.29 is 8.42 Å². The maximum atomic E-state index is 11.7. The highest BCUT2D eigenvalue weighted by Crippen LogP contribution is 2.10. The van der Waals surface area contributed by atoms with Crippen LogP contribution in [0.1, 0.15) is 17.8 Å². The number of hydrogen-bond donors (Lipinski definition) is 1.